The molecule has 1 unspecified atom stereocenters. The van der Waals surface area contributed by atoms with E-state index in [1.165, 1.54) is 19.4 Å². The summed E-state index contributed by atoms with van der Waals surface area (Å²) in [5.41, 5.74) is 0. The van der Waals surface area contributed by atoms with Crippen LogP contribution in [0.3, 0.4) is 0 Å². The van der Waals surface area contributed by atoms with Crippen molar-refractivity contribution >= 4 is 5.91 Å². The lowest BCUT2D eigenvalue weighted by Crippen LogP contribution is -2.56. The first-order chi connectivity index (χ1) is 9.08. The minimum absolute atomic E-state index is 0.0299. The number of morpholine rings is 1. The highest BCUT2D eigenvalue weighted by Crippen LogP contribution is 2.17. The Bertz CT molecular complexity index is 311. The molecule has 19 heavy (non-hydrogen) atoms. The van der Waals surface area contributed by atoms with Crippen molar-refractivity contribution in [3.05, 3.63) is 0 Å². The molecule has 2 aliphatic rings. The van der Waals surface area contributed by atoms with E-state index < -0.39 is 0 Å². The van der Waals surface area contributed by atoms with Crippen molar-refractivity contribution in [3.63, 3.8) is 0 Å². The molecule has 3 atom stereocenters. The molecule has 5 heteroatoms. The van der Waals surface area contributed by atoms with E-state index in [-0.39, 0.29) is 18.1 Å². The fraction of sp³-hybridized carbons (Fsp3) is 0.929. The van der Waals surface area contributed by atoms with Gasteiger partial charge in [0.2, 0.25) is 5.91 Å². The highest BCUT2D eigenvalue weighted by atomic mass is 16.5. The number of hydrogen-bond donors (Lipinski definition) is 1. The van der Waals surface area contributed by atoms with E-state index in [9.17, 15) is 4.79 Å². The van der Waals surface area contributed by atoms with Crippen LogP contribution in [0.4, 0.5) is 0 Å². The highest BCUT2D eigenvalue weighted by molar-refractivity contribution is 5.82. The van der Waals surface area contributed by atoms with Gasteiger partial charge in [-0.25, -0.2) is 0 Å². The van der Waals surface area contributed by atoms with Gasteiger partial charge in [-0.15, -0.1) is 0 Å². The van der Waals surface area contributed by atoms with Crippen LogP contribution >= 0.6 is 0 Å². The summed E-state index contributed by atoms with van der Waals surface area (Å²) in [4.78, 5) is 16.7. The lowest BCUT2D eigenvalue weighted by molar-refractivity contribution is -0.138. The maximum atomic E-state index is 12.4. The monoisotopic (exact) mass is 269 g/mol. The fourth-order valence-corrected chi connectivity index (χ4v) is 3.15. The van der Waals surface area contributed by atoms with Gasteiger partial charge in [0.15, 0.2) is 0 Å². The molecule has 0 aromatic rings. The molecule has 2 aliphatic heterocycles. The van der Waals surface area contributed by atoms with Crippen molar-refractivity contribution in [2.45, 2.75) is 31.9 Å². The minimum Gasteiger partial charge on any atom is -0.375 e. The highest BCUT2D eigenvalue weighted by Gasteiger charge is 2.31. The third kappa shape index (κ3) is 3.91. The quantitative estimate of drug-likeness (QED) is 0.793. The number of piperidine rings is 1. The number of hydrogen-bond acceptors (Lipinski definition) is 4. The lowest BCUT2D eigenvalue weighted by atomic mass is 9.97. The summed E-state index contributed by atoms with van der Waals surface area (Å²) in [7, 11) is 4.08. The van der Waals surface area contributed by atoms with Crippen LogP contribution in [0.1, 0.15) is 19.8 Å². The van der Waals surface area contributed by atoms with Gasteiger partial charge < -0.3 is 19.9 Å². The van der Waals surface area contributed by atoms with Crippen LogP contribution in [0.15, 0.2) is 0 Å². The molecule has 2 rings (SSSR count). The summed E-state index contributed by atoms with van der Waals surface area (Å²) < 4.78 is 5.55. The molecule has 0 aromatic heterocycles. The molecular formula is C14H27N3O2. The third-order valence-electron chi connectivity index (χ3n) is 4.21. The zero-order valence-electron chi connectivity index (χ0n) is 12.4. The maximum absolute atomic E-state index is 12.4. The Kier molecular flexibility index (Phi) is 5.19. The largest absolute Gasteiger partial charge is 0.375 e. The van der Waals surface area contributed by atoms with Crippen molar-refractivity contribution in [1.29, 1.82) is 0 Å². The second-order valence-corrected chi connectivity index (χ2v) is 6.00. The van der Waals surface area contributed by atoms with Gasteiger partial charge in [0.25, 0.3) is 0 Å². The fourth-order valence-electron chi connectivity index (χ4n) is 3.15. The molecule has 0 radical (unpaired) electrons. The van der Waals surface area contributed by atoms with Crippen LogP contribution in [-0.4, -0.2) is 74.7 Å². The second kappa shape index (κ2) is 6.68. The van der Waals surface area contributed by atoms with E-state index in [4.69, 9.17) is 4.74 Å². The number of nitrogens with zero attached hydrogens (tertiary/aromatic N) is 2. The molecule has 110 valence electrons. The number of likely N-dealkylation sites (N-methyl/N-ethyl adjacent to an activating group) is 1. The minimum atomic E-state index is -0.180. The van der Waals surface area contributed by atoms with E-state index in [0.29, 0.717) is 12.5 Å². The molecule has 0 aromatic carbocycles. The number of nitrogens with one attached hydrogen (secondary N) is 1. The number of carbonyl (C=O) groups is 1. The maximum Gasteiger partial charge on any atom is 0.242 e. The predicted octanol–water partition coefficient (Wildman–Crippen LogP) is 0.164. The van der Waals surface area contributed by atoms with Gasteiger partial charge in [0.05, 0.1) is 12.7 Å². The Morgan fingerprint density at radius 3 is 3.00 bits per heavy atom. The smallest absolute Gasteiger partial charge is 0.242 e. The Hall–Kier alpha value is -0.650. The summed E-state index contributed by atoms with van der Waals surface area (Å²) in [6, 6.07) is -0.180. The van der Waals surface area contributed by atoms with Crippen LogP contribution in [0.5, 0.6) is 0 Å². The Balaban J connectivity index is 1.84. The number of rotatable bonds is 3. The van der Waals surface area contributed by atoms with Crippen molar-refractivity contribution in [2.24, 2.45) is 5.92 Å². The van der Waals surface area contributed by atoms with Crippen molar-refractivity contribution in [1.82, 2.24) is 15.1 Å². The Labute approximate surface area is 116 Å². The SMILES string of the molecule is C[C@H]1OCCN[C@@H]1C(=O)N(C)CC1CCCN(C)C1. The van der Waals surface area contributed by atoms with Gasteiger partial charge in [-0.2, -0.15) is 0 Å². The number of amides is 1. The first-order valence-corrected chi connectivity index (χ1v) is 7.36. The first-order valence-electron chi connectivity index (χ1n) is 7.36. The van der Waals surface area contributed by atoms with Crippen molar-refractivity contribution < 1.29 is 9.53 Å². The average Bonchev–Trinajstić information content (AvgIpc) is 2.38. The van der Waals surface area contributed by atoms with E-state index in [0.717, 1.165) is 19.6 Å². The summed E-state index contributed by atoms with van der Waals surface area (Å²) in [6.07, 6.45) is 2.44. The molecule has 2 fully saturated rings. The molecule has 0 aliphatic carbocycles. The van der Waals surface area contributed by atoms with Gasteiger partial charge >= 0.3 is 0 Å². The van der Waals surface area contributed by atoms with Gasteiger partial charge in [-0.05, 0) is 39.3 Å². The average molecular weight is 269 g/mol. The van der Waals surface area contributed by atoms with Crippen LogP contribution in [0.2, 0.25) is 0 Å². The first kappa shape index (κ1) is 14.8. The summed E-state index contributed by atoms with van der Waals surface area (Å²) in [5.74, 6) is 0.771. The van der Waals surface area contributed by atoms with E-state index in [2.05, 4.69) is 17.3 Å². The number of carbonyl (C=O) groups excluding carboxylic acids is 1. The van der Waals surface area contributed by atoms with E-state index >= 15 is 0 Å². The van der Waals surface area contributed by atoms with Gasteiger partial charge in [0.1, 0.15) is 6.04 Å². The zero-order chi connectivity index (χ0) is 13.8. The lowest BCUT2D eigenvalue weighted by Gasteiger charge is -2.36. The van der Waals surface area contributed by atoms with Crippen LogP contribution in [-0.2, 0) is 9.53 Å². The molecule has 5 nitrogen and oxygen atoms in total. The summed E-state index contributed by atoms with van der Waals surface area (Å²) >= 11 is 0. The summed E-state index contributed by atoms with van der Waals surface area (Å²) in [5, 5.41) is 3.27. The zero-order valence-corrected chi connectivity index (χ0v) is 12.4. The molecule has 2 saturated heterocycles. The molecule has 1 N–H and O–H groups in total. The number of ether oxygens (including phenoxy) is 1. The van der Waals surface area contributed by atoms with E-state index in [1.54, 1.807) is 0 Å². The van der Waals surface area contributed by atoms with Crippen LogP contribution < -0.4 is 5.32 Å². The van der Waals surface area contributed by atoms with Crippen LogP contribution in [0.25, 0.3) is 0 Å². The van der Waals surface area contributed by atoms with Gasteiger partial charge in [0, 0.05) is 26.7 Å². The summed E-state index contributed by atoms with van der Waals surface area (Å²) in [6.45, 7) is 6.57. The topological polar surface area (TPSA) is 44.8 Å². The molecule has 0 saturated carbocycles. The molecule has 0 spiro atoms. The standard InChI is InChI=1S/C14H27N3O2/c1-11-13(15-6-8-19-11)14(18)17(3)10-12-5-4-7-16(2)9-12/h11-13,15H,4-10H2,1-3H3/t11-,12?,13+/m1/s1. The van der Waals surface area contributed by atoms with E-state index in [1.807, 2.05) is 18.9 Å². The number of likely N-dealkylation sites (tertiary alicyclic amines) is 1. The molecule has 1 amide bonds. The predicted molar refractivity (Wildman–Crippen MR) is 75.1 cm³/mol. The van der Waals surface area contributed by atoms with Crippen molar-refractivity contribution in [2.75, 3.05) is 46.9 Å². The van der Waals surface area contributed by atoms with Crippen LogP contribution in [0, 0.1) is 5.92 Å². The van der Waals surface area contributed by atoms with Gasteiger partial charge in [-0.3, -0.25) is 4.79 Å². The normalized spacial score (nSPS) is 33.1. The second-order valence-electron chi connectivity index (χ2n) is 6.00. The Morgan fingerprint density at radius 2 is 2.32 bits per heavy atom. The molecular weight excluding hydrogens is 242 g/mol. The Morgan fingerprint density at radius 1 is 1.53 bits per heavy atom. The molecule has 2 heterocycles. The molecule has 0 bridgehead atoms. The third-order valence-corrected chi connectivity index (χ3v) is 4.21. The van der Waals surface area contributed by atoms with Gasteiger partial charge in [-0.1, -0.05) is 0 Å². The van der Waals surface area contributed by atoms with Crippen molar-refractivity contribution in [3.8, 4) is 0 Å².